The molecule has 4 heteroatoms. The van der Waals surface area contributed by atoms with Crippen molar-refractivity contribution in [1.29, 1.82) is 0 Å². The van der Waals surface area contributed by atoms with Crippen LogP contribution >= 0.6 is 0 Å². The van der Waals surface area contributed by atoms with Crippen LogP contribution in [-0.4, -0.2) is 42.0 Å². The summed E-state index contributed by atoms with van der Waals surface area (Å²) in [6.07, 6.45) is 19.0. The summed E-state index contributed by atoms with van der Waals surface area (Å²) in [6, 6.07) is 14.7. The molecule has 0 radical (unpaired) electrons. The number of unbranched alkanes of at least 4 members (excludes halogenated alkanes) is 1. The number of aromatic nitrogens is 1. The average Bonchev–Trinajstić information content (AvgIpc) is 3.03. The summed E-state index contributed by atoms with van der Waals surface area (Å²) in [6.45, 7) is 3.76. The van der Waals surface area contributed by atoms with E-state index in [2.05, 4.69) is 69.8 Å². The minimum absolute atomic E-state index is 0.0546. The molecule has 1 aromatic carbocycles. The molecule has 1 atom stereocenters. The molecule has 4 nitrogen and oxygen atoms in total. The van der Waals surface area contributed by atoms with Crippen molar-refractivity contribution in [3.63, 3.8) is 0 Å². The van der Waals surface area contributed by atoms with Gasteiger partial charge in [0.2, 0.25) is 5.91 Å². The first-order valence-corrected chi connectivity index (χ1v) is 11.5. The van der Waals surface area contributed by atoms with Crippen molar-refractivity contribution >= 4 is 12.0 Å². The molecule has 0 fully saturated rings. The van der Waals surface area contributed by atoms with E-state index in [0.29, 0.717) is 12.5 Å². The van der Waals surface area contributed by atoms with Crippen molar-refractivity contribution in [3.8, 4) is 0 Å². The summed E-state index contributed by atoms with van der Waals surface area (Å²) in [4.78, 5) is 18.6. The first-order valence-electron chi connectivity index (χ1n) is 11.5. The van der Waals surface area contributed by atoms with Crippen LogP contribution in [0.25, 0.3) is 6.08 Å². The standard InChI is InChI=1S/C28H31N3O/c32-28(15-14-23-9-8-17-29-21-23)30-18-6-7-19-31-20-16-25-12-4-5-13-26(25)27(22-31)24-10-2-1-3-11-24/h1-5,8-11,13-17,21,27H,6-7,12,18-20,22H2,(H,30,32). The number of benzene rings is 1. The van der Waals surface area contributed by atoms with Gasteiger partial charge in [-0.05, 0) is 60.2 Å². The highest BCUT2D eigenvalue weighted by molar-refractivity contribution is 5.91. The van der Waals surface area contributed by atoms with Crippen molar-refractivity contribution in [2.45, 2.75) is 25.2 Å². The Morgan fingerprint density at radius 2 is 2.06 bits per heavy atom. The van der Waals surface area contributed by atoms with E-state index in [0.717, 1.165) is 44.5 Å². The predicted octanol–water partition coefficient (Wildman–Crippen LogP) is 4.90. The van der Waals surface area contributed by atoms with E-state index in [-0.39, 0.29) is 5.91 Å². The van der Waals surface area contributed by atoms with Gasteiger partial charge < -0.3 is 5.32 Å². The number of pyridine rings is 1. The highest BCUT2D eigenvalue weighted by Gasteiger charge is 2.25. The molecule has 0 saturated carbocycles. The summed E-state index contributed by atoms with van der Waals surface area (Å²) >= 11 is 0. The lowest BCUT2D eigenvalue weighted by Crippen LogP contribution is -2.30. The second kappa shape index (κ2) is 11.4. The Balaban J connectivity index is 1.26. The van der Waals surface area contributed by atoms with Gasteiger partial charge in [-0.25, -0.2) is 0 Å². The van der Waals surface area contributed by atoms with Crippen LogP contribution in [0, 0.1) is 0 Å². The predicted molar refractivity (Wildman–Crippen MR) is 131 cm³/mol. The molecule has 2 aliphatic rings. The quantitative estimate of drug-likeness (QED) is 0.483. The fraction of sp³-hybridized carbons (Fsp3) is 0.286. The lowest BCUT2D eigenvalue weighted by molar-refractivity contribution is -0.116. The zero-order valence-corrected chi connectivity index (χ0v) is 18.5. The van der Waals surface area contributed by atoms with Crippen molar-refractivity contribution in [2.75, 3.05) is 26.2 Å². The Hall–Kier alpha value is -3.24. The number of nitrogens with one attached hydrogen (secondary N) is 1. The Labute approximate surface area is 191 Å². The summed E-state index contributed by atoms with van der Waals surface area (Å²) in [5.74, 6) is 0.355. The van der Waals surface area contributed by atoms with Crippen LogP contribution in [-0.2, 0) is 4.79 Å². The van der Waals surface area contributed by atoms with Crippen LogP contribution in [0.4, 0.5) is 0 Å². The third kappa shape index (κ3) is 6.14. The van der Waals surface area contributed by atoms with E-state index in [4.69, 9.17) is 0 Å². The van der Waals surface area contributed by atoms with Gasteiger partial charge in [-0.2, -0.15) is 0 Å². The Morgan fingerprint density at radius 1 is 1.16 bits per heavy atom. The Morgan fingerprint density at radius 3 is 2.91 bits per heavy atom. The topological polar surface area (TPSA) is 45.2 Å². The van der Waals surface area contributed by atoms with Crippen LogP contribution in [0.15, 0.2) is 96.4 Å². The van der Waals surface area contributed by atoms with Gasteiger partial charge in [0, 0.05) is 44.0 Å². The van der Waals surface area contributed by atoms with Crippen LogP contribution in [0.2, 0.25) is 0 Å². The molecule has 2 heterocycles. The molecule has 1 aromatic heterocycles. The highest BCUT2D eigenvalue weighted by Crippen LogP contribution is 2.36. The van der Waals surface area contributed by atoms with Crippen molar-refractivity contribution in [1.82, 2.24) is 15.2 Å². The number of fused-ring (bicyclic) bond motifs is 1. The zero-order chi connectivity index (χ0) is 22.0. The monoisotopic (exact) mass is 425 g/mol. The lowest BCUT2D eigenvalue weighted by Gasteiger charge is -2.27. The second-order valence-corrected chi connectivity index (χ2v) is 8.32. The molecular formula is C28H31N3O. The van der Waals surface area contributed by atoms with E-state index in [1.54, 1.807) is 24.5 Å². The van der Waals surface area contributed by atoms with Crippen molar-refractivity contribution in [2.24, 2.45) is 0 Å². The van der Waals surface area contributed by atoms with Crippen LogP contribution in [0.5, 0.6) is 0 Å². The van der Waals surface area contributed by atoms with E-state index >= 15 is 0 Å². The van der Waals surface area contributed by atoms with E-state index < -0.39 is 0 Å². The number of rotatable bonds is 8. The molecule has 2 aromatic rings. The maximum absolute atomic E-state index is 12.0. The minimum Gasteiger partial charge on any atom is -0.353 e. The average molecular weight is 426 g/mol. The molecule has 0 spiro atoms. The number of carbonyl (C=O) groups is 1. The molecular weight excluding hydrogens is 394 g/mol. The van der Waals surface area contributed by atoms with Crippen molar-refractivity contribution in [3.05, 3.63) is 108 Å². The van der Waals surface area contributed by atoms with Gasteiger partial charge in [-0.3, -0.25) is 14.7 Å². The molecule has 1 N–H and O–H groups in total. The maximum Gasteiger partial charge on any atom is 0.243 e. The maximum atomic E-state index is 12.0. The van der Waals surface area contributed by atoms with Gasteiger partial charge in [0.25, 0.3) is 0 Å². The number of nitrogens with zero attached hydrogens (tertiary/aromatic N) is 2. The van der Waals surface area contributed by atoms with E-state index in [1.807, 2.05) is 12.1 Å². The van der Waals surface area contributed by atoms with E-state index in [1.165, 1.54) is 16.7 Å². The molecule has 1 amide bonds. The van der Waals surface area contributed by atoms with Gasteiger partial charge in [-0.15, -0.1) is 0 Å². The van der Waals surface area contributed by atoms with Crippen LogP contribution in [0.1, 0.15) is 36.3 Å². The SMILES string of the molecule is O=C(C=Cc1cccnc1)NCCCCN1CC=C2CC=CC=C2C(c2ccccc2)C1. The summed E-state index contributed by atoms with van der Waals surface area (Å²) in [7, 11) is 0. The third-order valence-corrected chi connectivity index (χ3v) is 6.05. The largest absolute Gasteiger partial charge is 0.353 e. The number of hydrogen-bond acceptors (Lipinski definition) is 3. The van der Waals surface area contributed by atoms with Gasteiger partial charge in [-0.1, -0.05) is 60.7 Å². The number of carbonyl (C=O) groups excluding carboxylic acids is 1. The second-order valence-electron chi connectivity index (χ2n) is 8.32. The zero-order valence-electron chi connectivity index (χ0n) is 18.5. The summed E-state index contributed by atoms with van der Waals surface area (Å²) < 4.78 is 0. The molecule has 164 valence electrons. The summed E-state index contributed by atoms with van der Waals surface area (Å²) in [5.41, 5.74) is 5.25. The molecule has 4 rings (SSSR count). The fourth-order valence-corrected chi connectivity index (χ4v) is 4.33. The minimum atomic E-state index is -0.0546. The lowest BCUT2D eigenvalue weighted by atomic mass is 9.83. The Bertz CT molecular complexity index is 1010. The molecule has 0 bridgehead atoms. The Kier molecular flexibility index (Phi) is 7.83. The third-order valence-electron chi connectivity index (χ3n) is 6.05. The van der Waals surface area contributed by atoms with E-state index in [9.17, 15) is 4.79 Å². The number of allylic oxidation sites excluding steroid dienone is 4. The molecule has 1 aliphatic heterocycles. The first kappa shape index (κ1) is 22.0. The van der Waals surface area contributed by atoms with Crippen LogP contribution in [0.3, 0.4) is 0 Å². The molecule has 32 heavy (non-hydrogen) atoms. The van der Waals surface area contributed by atoms with Gasteiger partial charge in [0.1, 0.15) is 0 Å². The van der Waals surface area contributed by atoms with Gasteiger partial charge in [0.05, 0.1) is 0 Å². The number of amides is 1. The van der Waals surface area contributed by atoms with Gasteiger partial charge in [0.15, 0.2) is 0 Å². The first-order chi connectivity index (χ1) is 15.8. The molecule has 1 aliphatic carbocycles. The van der Waals surface area contributed by atoms with Crippen LogP contribution < -0.4 is 5.32 Å². The smallest absolute Gasteiger partial charge is 0.243 e. The van der Waals surface area contributed by atoms with Crippen molar-refractivity contribution < 1.29 is 4.79 Å². The van der Waals surface area contributed by atoms with Gasteiger partial charge >= 0.3 is 0 Å². The normalized spacial score (nSPS) is 18.6. The highest BCUT2D eigenvalue weighted by atomic mass is 16.1. The molecule has 0 saturated heterocycles. The fourth-order valence-electron chi connectivity index (χ4n) is 4.33. The number of hydrogen-bond donors (Lipinski definition) is 1. The summed E-state index contributed by atoms with van der Waals surface area (Å²) in [5, 5.41) is 2.98. The molecule has 1 unspecified atom stereocenters.